The predicted molar refractivity (Wildman–Crippen MR) is 81.4 cm³/mol. The Morgan fingerprint density at radius 3 is 2.81 bits per heavy atom. The van der Waals surface area contributed by atoms with Crippen molar-refractivity contribution in [1.82, 2.24) is 20.2 Å². The van der Waals surface area contributed by atoms with E-state index in [1.54, 1.807) is 13.3 Å². The van der Waals surface area contributed by atoms with Crippen molar-refractivity contribution < 1.29 is 4.74 Å². The molecule has 1 unspecified atom stereocenters. The van der Waals surface area contributed by atoms with Crippen LogP contribution in [0.3, 0.4) is 0 Å². The van der Waals surface area contributed by atoms with E-state index in [-0.39, 0.29) is 12.1 Å². The molecule has 0 bridgehead atoms. The minimum atomic E-state index is -0.236. The summed E-state index contributed by atoms with van der Waals surface area (Å²) in [4.78, 5) is 8.37. The summed E-state index contributed by atoms with van der Waals surface area (Å²) in [7, 11) is 1.61. The number of fused-ring (bicyclic) bond motifs is 1. The molecule has 1 aromatic carbocycles. The SMILES string of the molecule is COC(C)c1c(N)nc(N)nc1-c1ccc2[nH]ncc2c1. The molecule has 21 heavy (non-hydrogen) atoms. The Morgan fingerprint density at radius 2 is 2.05 bits per heavy atom. The van der Waals surface area contributed by atoms with Gasteiger partial charge in [0.1, 0.15) is 5.82 Å². The molecule has 1 atom stereocenters. The lowest BCUT2D eigenvalue weighted by atomic mass is 10.0. The molecule has 3 aromatic rings. The fraction of sp³-hybridized carbons (Fsp3) is 0.214. The minimum Gasteiger partial charge on any atom is -0.383 e. The highest BCUT2D eigenvalue weighted by Crippen LogP contribution is 2.33. The molecule has 0 amide bonds. The summed E-state index contributed by atoms with van der Waals surface area (Å²) in [6.07, 6.45) is 1.52. The summed E-state index contributed by atoms with van der Waals surface area (Å²) in [5, 5.41) is 7.91. The molecule has 3 rings (SSSR count). The highest BCUT2D eigenvalue weighted by atomic mass is 16.5. The monoisotopic (exact) mass is 284 g/mol. The van der Waals surface area contributed by atoms with Gasteiger partial charge in [0.2, 0.25) is 5.95 Å². The van der Waals surface area contributed by atoms with Gasteiger partial charge in [-0.3, -0.25) is 5.10 Å². The Bertz CT molecular complexity index is 797. The third kappa shape index (κ3) is 2.27. The molecule has 2 heterocycles. The number of H-pyrrole nitrogens is 1. The van der Waals surface area contributed by atoms with Crippen LogP contribution in [-0.4, -0.2) is 27.3 Å². The van der Waals surface area contributed by atoms with Gasteiger partial charge in [-0.2, -0.15) is 10.1 Å². The van der Waals surface area contributed by atoms with Gasteiger partial charge in [-0.05, 0) is 19.1 Å². The fourth-order valence-electron chi connectivity index (χ4n) is 2.33. The van der Waals surface area contributed by atoms with Crippen molar-refractivity contribution in [3.63, 3.8) is 0 Å². The molecule has 2 aromatic heterocycles. The summed E-state index contributed by atoms with van der Waals surface area (Å²) < 4.78 is 5.37. The zero-order valence-electron chi connectivity index (χ0n) is 11.8. The molecule has 0 aliphatic carbocycles. The number of aromatic amines is 1. The van der Waals surface area contributed by atoms with Crippen LogP contribution >= 0.6 is 0 Å². The Kier molecular flexibility index (Phi) is 3.19. The first-order chi connectivity index (χ1) is 10.1. The van der Waals surface area contributed by atoms with Crippen molar-refractivity contribution in [1.29, 1.82) is 0 Å². The number of aromatic nitrogens is 4. The number of nitrogens with one attached hydrogen (secondary N) is 1. The van der Waals surface area contributed by atoms with Crippen molar-refractivity contribution in [3.05, 3.63) is 30.0 Å². The molecule has 108 valence electrons. The number of hydrogen-bond acceptors (Lipinski definition) is 6. The van der Waals surface area contributed by atoms with Gasteiger partial charge in [0, 0.05) is 23.6 Å². The maximum absolute atomic E-state index is 6.00. The summed E-state index contributed by atoms with van der Waals surface area (Å²) in [6.45, 7) is 1.89. The smallest absolute Gasteiger partial charge is 0.222 e. The second-order valence-corrected chi connectivity index (χ2v) is 4.78. The third-order valence-electron chi connectivity index (χ3n) is 3.47. The number of hydrogen-bond donors (Lipinski definition) is 3. The summed E-state index contributed by atoms with van der Waals surface area (Å²) in [6, 6.07) is 5.85. The number of nitrogens with zero attached hydrogens (tertiary/aromatic N) is 3. The van der Waals surface area contributed by atoms with Crippen LogP contribution in [0.25, 0.3) is 22.2 Å². The maximum Gasteiger partial charge on any atom is 0.222 e. The van der Waals surface area contributed by atoms with Crippen LogP contribution in [-0.2, 0) is 4.74 Å². The third-order valence-corrected chi connectivity index (χ3v) is 3.47. The Labute approximate surface area is 121 Å². The van der Waals surface area contributed by atoms with Gasteiger partial charge in [0.05, 0.1) is 23.5 Å². The fourth-order valence-corrected chi connectivity index (χ4v) is 2.33. The van der Waals surface area contributed by atoms with Gasteiger partial charge in [-0.15, -0.1) is 0 Å². The van der Waals surface area contributed by atoms with E-state index in [9.17, 15) is 0 Å². The van der Waals surface area contributed by atoms with Gasteiger partial charge < -0.3 is 16.2 Å². The van der Waals surface area contributed by atoms with Gasteiger partial charge >= 0.3 is 0 Å². The van der Waals surface area contributed by atoms with Crippen molar-refractivity contribution >= 4 is 22.7 Å². The Balaban J connectivity index is 2.24. The van der Waals surface area contributed by atoms with E-state index in [2.05, 4.69) is 20.2 Å². The van der Waals surface area contributed by atoms with Crippen LogP contribution in [0.5, 0.6) is 0 Å². The average Bonchev–Trinajstić information content (AvgIpc) is 2.93. The van der Waals surface area contributed by atoms with Crippen molar-refractivity contribution in [3.8, 4) is 11.3 Å². The van der Waals surface area contributed by atoms with E-state index < -0.39 is 0 Å². The first-order valence-corrected chi connectivity index (χ1v) is 6.49. The van der Waals surface area contributed by atoms with Crippen LogP contribution in [0.15, 0.2) is 24.4 Å². The molecule has 0 aliphatic heterocycles. The maximum atomic E-state index is 6.00. The summed E-state index contributed by atoms with van der Waals surface area (Å²) >= 11 is 0. The summed E-state index contributed by atoms with van der Waals surface area (Å²) in [5.74, 6) is 0.473. The summed E-state index contributed by atoms with van der Waals surface area (Å²) in [5.41, 5.74) is 15.0. The standard InChI is InChI=1S/C14H16N6O/c1-7(21-2)11-12(18-14(16)19-13(11)15)8-3-4-10-9(5-8)6-17-20-10/h3-7H,1-2H3,(H,17,20)(H4,15,16,18,19). The molecule has 0 aliphatic rings. The quantitative estimate of drug-likeness (QED) is 0.676. The normalized spacial score (nSPS) is 12.7. The molecule has 0 saturated heterocycles. The van der Waals surface area contributed by atoms with Crippen molar-refractivity contribution in [2.75, 3.05) is 18.6 Å². The lowest BCUT2D eigenvalue weighted by molar-refractivity contribution is 0.120. The Hall–Kier alpha value is -2.67. The second-order valence-electron chi connectivity index (χ2n) is 4.78. The number of ether oxygens (including phenoxy) is 1. The lowest BCUT2D eigenvalue weighted by Crippen LogP contribution is -2.10. The van der Waals surface area contributed by atoms with Crippen LogP contribution in [0, 0.1) is 0 Å². The molecule has 0 radical (unpaired) electrons. The molecule has 0 fully saturated rings. The van der Waals surface area contributed by atoms with Crippen molar-refractivity contribution in [2.24, 2.45) is 0 Å². The van der Waals surface area contributed by atoms with Gasteiger partial charge in [-0.25, -0.2) is 4.98 Å². The molecular weight excluding hydrogens is 268 g/mol. The number of anilines is 2. The Morgan fingerprint density at radius 1 is 1.24 bits per heavy atom. The number of benzene rings is 1. The highest BCUT2D eigenvalue weighted by Gasteiger charge is 2.19. The topological polar surface area (TPSA) is 116 Å². The molecule has 7 nitrogen and oxygen atoms in total. The largest absolute Gasteiger partial charge is 0.383 e. The second kappa shape index (κ2) is 5.02. The van der Waals surface area contributed by atoms with Crippen LogP contribution in [0.4, 0.5) is 11.8 Å². The van der Waals surface area contributed by atoms with E-state index in [1.807, 2.05) is 25.1 Å². The van der Waals surface area contributed by atoms with E-state index >= 15 is 0 Å². The van der Waals surface area contributed by atoms with Gasteiger partial charge in [0.15, 0.2) is 0 Å². The number of methoxy groups -OCH3 is 1. The van der Waals surface area contributed by atoms with E-state index in [4.69, 9.17) is 16.2 Å². The highest BCUT2D eigenvalue weighted by molar-refractivity contribution is 5.84. The lowest BCUT2D eigenvalue weighted by Gasteiger charge is -2.16. The first kappa shape index (κ1) is 13.3. The average molecular weight is 284 g/mol. The van der Waals surface area contributed by atoms with Crippen LogP contribution < -0.4 is 11.5 Å². The number of rotatable bonds is 3. The molecule has 0 saturated carbocycles. The zero-order valence-corrected chi connectivity index (χ0v) is 11.8. The molecular formula is C14H16N6O. The zero-order chi connectivity index (χ0) is 15.0. The van der Waals surface area contributed by atoms with E-state index in [1.165, 1.54) is 0 Å². The van der Waals surface area contributed by atoms with Gasteiger partial charge in [0.25, 0.3) is 0 Å². The number of nitrogens with two attached hydrogens (primary N) is 2. The minimum absolute atomic E-state index is 0.141. The van der Waals surface area contributed by atoms with E-state index in [0.717, 1.165) is 22.0 Å². The van der Waals surface area contributed by atoms with Crippen LogP contribution in [0.2, 0.25) is 0 Å². The van der Waals surface area contributed by atoms with Crippen LogP contribution in [0.1, 0.15) is 18.6 Å². The first-order valence-electron chi connectivity index (χ1n) is 6.49. The number of nitrogen functional groups attached to an aromatic ring is 2. The van der Waals surface area contributed by atoms with Crippen molar-refractivity contribution in [2.45, 2.75) is 13.0 Å². The molecule has 7 heteroatoms. The molecule has 0 spiro atoms. The molecule has 5 N–H and O–H groups in total. The predicted octanol–water partition coefficient (Wildman–Crippen LogP) is 1.89. The van der Waals surface area contributed by atoms with Gasteiger partial charge in [-0.1, -0.05) is 6.07 Å². The van der Waals surface area contributed by atoms with E-state index in [0.29, 0.717) is 11.5 Å².